The van der Waals surface area contributed by atoms with Gasteiger partial charge in [0.2, 0.25) is 5.91 Å². The summed E-state index contributed by atoms with van der Waals surface area (Å²) in [6.45, 7) is 5.08. The van der Waals surface area contributed by atoms with Crippen LogP contribution in [0.15, 0.2) is 83.9 Å². The Balaban J connectivity index is 1.19. The van der Waals surface area contributed by atoms with E-state index in [1.54, 1.807) is 6.08 Å². The van der Waals surface area contributed by atoms with Gasteiger partial charge in [-0.05, 0) is 48.5 Å². The fourth-order valence-electron chi connectivity index (χ4n) is 5.18. The van der Waals surface area contributed by atoms with E-state index in [2.05, 4.69) is 46.0 Å². The minimum atomic E-state index is -0.466. The zero-order chi connectivity index (χ0) is 28.3. The van der Waals surface area contributed by atoms with Crippen molar-refractivity contribution < 1.29 is 19.1 Å². The Labute approximate surface area is 242 Å². The van der Waals surface area contributed by atoms with Gasteiger partial charge in [-0.3, -0.25) is 19.3 Å². The number of hydrogen-bond donors (Lipinski definition) is 1. The predicted molar refractivity (Wildman–Crippen MR) is 163 cm³/mol. The number of hydrogen-bond acceptors (Lipinski definition) is 6. The van der Waals surface area contributed by atoms with Gasteiger partial charge in [0.1, 0.15) is 6.54 Å². The summed E-state index contributed by atoms with van der Waals surface area (Å²) < 4.78 is 7.59. The molecule has 0 unspecified atom stereocenters. The van der Waals surface area contributed by atoms with Crippen LogP contribution >= 0.6 is 11.8 Å². The molecule has 6 rings (SSSR count). The first-order chi connectivity index (χ1) is 20.0. The summed E-state index contributed by atoms with van der Waals surface area (Å²) in [6, 6.07) is 23.9. The number of rotatable bonds is 7. The number of carbonyl (C=O) groups is 3. The standard InChI is InChI=1S/C32H30N4O4S/c1-22-10-12-23(13-11-22)19-35-20-24(25-6-2-4-8-27(25)35)18-29-31(38)36(32(39)41-29)21-30(37)33-26-7-3-5-9-28(26)34-14-16-40-17-15-34/h2-13,18,20H,14-17,19,21H2,1H3,(H,33,37)/b29-18-. The van der Waals surface area contributed by atoms with Gasteiger partial charge in [0.15, 0.2) is 0 Å². The molecule has 9 heteroatoms. The Kier molecular flexibility index (Phi) is 7.63. The lowest BCUT2D eigenvalue weighted by Crippen LogP contribution is -2.38. The van der Waals surface area contributed by atoms with E-state index in [0.717, 1.165) is 51.9 Å². The highest BCUT2D eigenvalue weighted by Gasteiger charge is 2.36. The largest absolute Gasteiger partial charge is 0.378 e. The molecule has 208 valence electrons. The number of anilines is 2. The molecule has 2 aliphatic rings. The van der Waals surface area contributed by atoms with Crippen LogP contribution < -0.4 is 10.2 Å². The Bertz CT molecular complexity index is 1650. The Morgan fingerprint density at radius 1 is 0.976 bits per heavy atom. The van der Waals surface area contributed by atoms with E-state index < -0.39 is 17.1 Å². The number of benzene rings is 3. The van der Waals surface area contributed by atoms with Gasteiger partial charge in [-0.15, -0.1) is 0 Å². The van der Waals surface area contributed by atoms with Crippen molar-refractivity contribution in [2.45, 2.75) is 13.5 Å². The molecule has 2 saturated heterocycles. The normalized spacial score (nSPS) is 16.7. The third kappa shape index (κ3) is 5.77. The summed E-state index contributed by atoms with van der Waals surface area (Å²) in [5.74, 6) is -0.893. The molecular formula is C32H30N4O4S. The van der Waals surface area contributed by atoms with Gasteiger partial charge in [0.05, 0.1) is 29.5 Å². The maximum Gasteiger partial charge on any atom is 0.294 e. The summed E-state index contributed by atoms with van der Waals surface area (Å²) in [6.07, 6.45) is 3.76. The lowest BCUT2D eigenvalue weighted by Gasteiger charge is -2.30. The number of para-hydroxylation sites is 3. The van der Waals surface area contributed by atoms with Crippen molar-refractivity contribution in [3.8, 4) is 0 Å². The van der Waals surface area contributed by atoms with Crippen molar-refractivity contribution in [3.05, 3.63) is 101 Å². The maximum atomic E-state index is 13.3. The van der Waals surface area contributed by atoms with Crippen molar-refractivity contribution >= 4 is 57.2 Å². The van der Waals surface area contributed by atoms with Gasteiger partial charge in [0, 0.05) is 42.3 Å². The molecule has 3 aromatic carbocycles. The molecule has 1 N–H and O–H groups in total. The van der Waals surface area contributed by atoms with Crippen LogP contribution in [-0.2, 0) is 20.9 Å². The summed E-state index contributed by atoms with van der Waals surface area (Å²) in [4.78, 5) is 42.6. The fraction of sp³-hybridized carbons (Fsp3) is 0.219. The van der Waals surface area contributed by atoms with Crippen LogP contribution in [0.3, 0.4) is 0 Å². The maximum absolute atomic E-state index is 13.3. The quantitative estimate of drug-likeness (QED) is 0.297. The fourth-order valence-corrected chi connectivity index (χ4v) is 6.01. The monoisotopic (exact) mass is 566 g/mol. The van der Waals surface area contributed by atoms with Crippen molar-refractivity contribution in [2.24, 2.45) is 0 Å². The van der Waals surface area contributed by atoms with Gasteiger partial charge in [0.25, 0.3) is 11.1 Å². The number of imide groups is 1. The molecule has 0 atom stereocenters. The second kappa shape index (κ2) is 11.6. The van der Waals surface area contributed by atoms with Crippen molar-refractivity contribution in [2.75, 3.05) is 43.1 Å². The Morgan fingerprint density at radius 3 is 2.51 bits per heavy atom. The van der Waals surface area contributed by atoms with Gasteiger partial charge in [-0.1, -0.05) is 60.2 Å². The van der Waals surface area contributed by atoms with E-state index in [1.807, 2.05) is 54.7 Å². The SMILES string of the molecule is Cc1ccc(Cn2cc(/C=C3\SC(=O)N(CC(=O)Nc4ccccc4N4CCOCC4)C3=O)c3ccccc32)cc1. The van der Waals surface area contributed by atoms with Crippen LogP contribution in [-0.4, -0.2) is 59.4 Å². The number of fused-ring (bicyclic) bond motifs is 1. The number of aromatic nitrogens is 1. The molecule has 3 amide bonds. The number of aryl methyl sites for hydroxylation is 1. The average Bonchev–Trinajstić information content (AvgIpc) is 3.46. The van der Waals surface area contributed by atoms with Crippen LogP contribution in [0.1, 0.15) is 16.7 Å². The molecule has 0 saturated carbocycles. The van der Waals surface area contributed by atoms with E-state index in [4.69, 9.17) is 4.74 Å². The van der Waals surface area contributed by atoms with E-state index in [9.17, 15) is 14.4 Å². The first kappa shape index (κ1) is 26.9. The van der Waals surface area contributed by atoms with Gasteiger partial charge >= 0.3 is 0 Å². The van der Waals surface area contributed by atoms with Crippen LogP contribution in [0.2, 0.25) is 0 Å². The van der Waals surface area contributed by atoms with Crippen LogP contribution in [0.4, 0.5) is 16.2 Å². The zero-order valence-corrected chi connectivity index (χ0v) is 23.5. The topological polar surface area (TPSA) is 83.9 Å². The van der Waals surface area contributed by atoms with Crippen molar-refractivity contribution in [1.82, 2.24) is 9.47 Å². The third-order valence-corrected chi connectivity index (χ3v) is 8.19. The number of amides is 3. The van der Waals surface area contributed by atoms with E-state index in [1.165, 1.54) is 11.1 Å². The molecule has 4 aromatic rings. The summed E-state index contributed by atoms with van der Waals surface area (Å²) in [5.41, 5.74) is 5.80. The average molecular weight is 567 g/mol. The zero-order valence-electron chi connectivity index (χ0n) is 22.7. The first-order valence-electron chi connectivity index (χ1n) is 13.6. The minimum absolute atomic E-state index is 0.301. The molecule has 1 aromatic heterocycles. The minimum Gasteiger partial charge on any atom is -0.378 e. The second-order valence-electron chi connectivity index (χ2n) is 10.1. The number of nitrogens with one attached hydrogen (secondary N) is 1. The summed E-state index contributed by atoms with van der Waals surface area (Å²) in [7, 11) is 0. The lowest BCUT2D eigenvalue weighted by molar-refractivity contribution is -0.127. The van der Waals surface area contributed by atoms with Gasteiger partial charge < -0.3 is 19.5 Å². The molecule has 41 heavy (non-hydrogen) atoms. The lowest BCUT2D eigenvalue weighted by atomic mass is 10.1. The molecule has 0 radical (unpaired) electrons. The van der Waals surface area contributed by atoms with Crippen LogP contribution in [0.5, 0.6) is 0 Å². The smallest absolute Gasteiger partial charge is 0.294 e. The molecular weight excluding hydrogens is 536 g/mol. The highest BCUT2D eigenvalue weighted by atomic mass is 32.2. The van der Waals surface area contributed by atoms with Gasteiger partial charge in [-0.2, -0.15) is 0 Å². The molecule has 0 aliphatic carbocycles. The van der Waals surface area contributed by atoms with Crippen molar-refractivity contribution in [1.29, 1.82) is 0 Å². The van der Waals surface area contributed by atoms with E-state index in [0.29, 0.717) is 30.4 Å². The number of carbonyl (C=O) groups excluding carboxylic acids is 3. The number of ether oxygens (including phenoxy) is 1. The van der Waals surface area contributed by atoms with E-state index in [-0.39, 0.29) is 6.54 Å². The molecule has 0 bridgehead atoms. The summed E-state index contributed by atoms with van der Waals surface area (Å²) in [5, 5.41) is 3.43. The summed E-state index contributed by atoms with van der Waals surface area (Å²) >= 11 is 0.861. The van der Waals surface area contributed by atoms with Crippen molar-refractivity contribution in [3.63, 3.8) is 0 Å². The molecule has 3 heterocycles. The third-order valence-electron chi connectivity index (χ3n) is 7.28. The first-order valence-corrected chi connectivity index (χ1v) is 14.4. The number of nitrogens with zero attached hydrogens (tertiary/aromatic N) is 3. The number of thioether (sulfide) groups is 1. The van der Waals surface area contributed by atoms with Gasteiger partial charge in [-0.25, -0.2) is 0 Å². The highest BCUT2D eigenvalue weighted by Crippen LogP contribution is 2.34. The second-order valence-corrected chi connectivity index (χ2v) is 11.1. The molecule has 2 fully saturated rings. The molecule has 8 nitrogen and oxygen atoms in total. The highest BCUT2D eigenvalue weighted by molar-refractivity contribution is 8.18. The Hall–Kier alpha value is -4.34. The molecule has 0 spiro atoms. The van der Waals surface area contributed by atoms with Crippen LogP contribution in [0, 0.1) is 6.92 Å². The predicted octanol–water partition coefficient (Wildman–Crippen LogP) is 5.51. The van der Waals surface area contributed by atoms with E-state index >= 15 is 0 Å². The van der Waals surface area contributed by atoms with Crippen LogP contribution in [0.25, 0.3) is 17.0 Å². The Morgan fingerprint density at radius 2 is 1.71 bits per heavy atom. The number of morpholine rings is 1. The molecule has 2 aliphatic heterocycles.